The van der Waals surface area contributed by atoms with Crippen molar-refractivity contribution in [3.8, 4) is 5.88 Å². The van der Waals surface area contributed by atoms with Crippen molar-refractivity contribution >= 4 is 19.4 Å². The standard InChI is InChI=1S/C14H19BN2O3/c1-10(2)19-14(18)17-7-5-12(6-8-17)20-13-4-3-11(15)9-16-13/h3-4,9-10,12H,5-8H2,1-2H3. The number of nitrogens with zero attached hydrogens (tertiary/aromatic N) is 2. The van der Waals surface area contributed by atoms with Gasteiger partial charge in [-0.2, -0.15) is 0 Å². The SMILES string of the molecule is [B]c1ccc(OC2CCN(C(=O)OC(C)C)CC2)nc1. The van der Waals surface area contributed by atoms with E-state index in [4.69, 9.17) is 17.3 Å². The van der Waals surface area contributed by atoms with Gasteiger partial charge in [0.25, 0.3) is 0 Å². The van der Waals surface area contributed by atoms with Gasteiger partial charge < -0.3 is 14.4 Å². The van der Waals surface area contributed by atoms with E-state index in [1.165, 1.54) is 0 Å². The van der Waals surface area contributed by atoms with Crippen LogP contribution in [0.4, 0.5) is 4.79 Å². The van der Waals surface area contributed by atoms with Crippen LogP contribution < -0.4 is 10.2 Å². The van der Waals surface area contributed by atoms with Crippen LogP contribution in [0.1, 0.15) is 26.7 Å². The Bertz CT molecular complexity index is 442. The Hall–Kier alpha value is -1.72. The van der Waals surface area contributed by atoms with E-state index >= 15 is 0 Å². The zero-order chi connectivity index (χ0) is 14.5. The van der Waals surface area contributed by atoms with E-state index in [-0.39, 0.29) is 18.3 Å². The Morgan fingerprint density at radius 2 is 2.10 bits per heavy atom. The first-order valence-electron chi connectivity index (χ1n) is 6.88. The highest BCUT2D eigenvalue weighted by molar-refractivity contribution is 6.32. The molecule has 1 aliphatic rings. The summed E-state index contributed by atoms with van der Waals surface area (Å²) in [4.78, 5) is 17.6. The minimum absolute atomic E-state index is 0.0780. The van der Waals surface area contributed by atoms with Crippen LogP contribution in [-0.4, -0.2) is 49.1 Å². The number of carbonyl (C=O) groups is 1. The lowest BCUT2D eigenvalue weighted by Gasteiger charge is -2.31. The summed E-state index contributed by atoms with van der Waals surface area (Å²) in [6, 6.07) is 3.52. The van der Waals surface area contributed by atoms with Crippen molar-refractivity contribution in [2.45, 2.75) is 38.9 Å². The summed E-state index contributed by atoms with van der Waals surface area (Å²) in [7, 11) is 5.57. The molecule has 5 nitrogen and oxygen atoms in total. The van der Waals surface area contributed by atoms with E-state index in [2.05, 4.69) is 4.98 Å². The molecule has 1 saturated heterocycles. The quantitative estimate of drug-likeness (QED) is 0.779. The third-order valence-corrected chi connectivity index (χ3v) is 3.08. The molecule has 6 heteroatoms. The van der Waals surface area contributed by atoms with Crippen molar-refractivity contribution in [1.82, 2.24) is 9.88 Å². The van der Waals surface area contributed by atoms with Gasteiger partial charge in [0.1, 0.15) is 14.0 Å². The molecule has 2 heterocycles. The van der Waals surface area contributed by atoms with Gasteiger partial charge in [-0.25, -0.2) is 9.78 Å². The molecule has 0 bridgehead atoms. The first-order chi connectivity index (χ1) is 9.54. The second-order valence-electron chi connectivity index (χ2n) is 5.17. The fourth-order valence-electron chi connectivity index (χ4n) is 2.06. The molecule has 106 valence electrons. The number of pyridine rings is 1. The number of carbonyl (C=O) groups excluding carboxylic acids is 1. The molecule has 2 radical (unpaired) electrons. The molecular weight excluding hydrogens is 255 g/mol. The predicted molar refractivity (Wildman–Crippen MR) is 76.5 cm³/mol. The highest BCUT2D eigenvalue weighted by Gasteiger charge is 2.25. The zero-order valence-electron chi connectivity index (χ0n) is 11.9. The Labute approximate surface area is 120 Å². The average molecular weight is 274 g/mol. The maximum Gasteiger partial charge on any atom is 0.410 e. The molecule has 20 heavy (non-hydrogen) atoms. The van der Waals surface area contributed by atoms with Crippen LogP contribution >= 0.6 is 0 Å². The number of hydrogen-bond donors (Lipinski definition) is 0. The average Bonchev–Trinajstić information content (AvgIpc) is 2.41. The molecule has 1 aromatic heterocycles. The minimum Gasteiger partial charge on any atom is -0.474 e. The fraction of sp³-hybridized carbons (Fsp3) is 0.571. The van der Waals surface area contributed by atoms with Crippen molar-refractivity contribution in [1.29, 1.82) is 0 Å². The van der Waals surface area contributed by atoms with Crippen LogP contribution in [0.2, 0.25) is 0 Å². The summed E-state index contributed by atoms with van der Waals surface area (Å²) in [5.41, 5.74) is 0.614. The smallest absolute Gasteiger partial charge is 0.410 e. The van der Waals surface area contributed by atoms with E-state index in [0.29, 0.717) is 24.4 Å². The van der Waals surface area contributed by atoms with Crippen molar-refractivity contribution in [3.63, 3.8) is 0 Å². The van der Waals surface area contributed by atoms with Crippen molar-refractivity contribution in [2.75, 3.05) is 13.1 Å². The lowest BCUT2D eigenvalue weighted by atomic mass is 9.99. The molecule has 1 aromatic rings. The second kappa shape index (κ2) is 6.63. The van der Waals surface area contributed by atoms with Gasteiger partial charge in [0, 0.05) is 32.1 Å². The minimum atomic E-state index is -0.246. The van der Waals surface area contributed by atoms with Crippen LogP contribution in [0.15, 0.2) is 18.3 Å². The summed E-state index contributed by atoms with van der Waals surface area (Å²) < 4.78 is 11.0. The number of ether oxygens (including phenoxy) is 2. The normalized spacial score (nSPS) is 16.2. The summed E-state index contributed by atoms with van der Waals surface area (Å²) in [5.74, 6) is 0.572. The van der Waals surface area contributed by atoms with Crippen molar-refractivity contribution < 1.29 is 14.3 Å². The van der Waals surface area contributed by atoms with Gasteiger partial charge in [-0.15, -0.1) is 0 Å². The van der Waals surface area contributed by atoms with Gasteiger partial charge in [0.15, 0.2) is 0 Å². The van der Waals surface area contributed by atoms with Crippen LogP contribution in [0, 0.1) is 0 Å². The molecule has 0 unspecified atom stereocenters. The molecule has 2 rings (SSSR count). The van der Waals surface area contributed by atoms with Crippen molar-refractivity contribution in [2.24, 2.45) is 0 Å². The largest absolute Gasteiger partial charge is 0.474 e. The molecule has 0 spiro atoms. The van der Waals surface area contributed by atoms with Crippen LogP contribution in [0.5, 0.6) is 5.88 Å². The van der Waals surface area contributed by atoms with Crippen molar-refractivity contribution in [3.05, 3.63) is 18.3 Å². The monoisotopic (exact) mass is 274 g/mol. The molecule has 0 N–H and O–H groups in total. The third-order valence-electron chi connectivity index (χ3n) is 3.08. The number of aromatic nitrogens is 1. The lowest BCUT2D eigenvalue weighted by Crippen LogP contribution is -2.42. The van der Waals surface area contributed by atoms with E-state index < -0.39 is 0 Å². The summed E-state index contributed by atoms with van der Waals surface area (Å²) in [6.07, 6.45) is 2.87. The first-order valence-corrected chi connectivity index (χ1v) is 6.88. The molecule has 0 saturated carbocycles. The molecule has 1 amide bonds. The predicted octanol–water partition coefficient (Wildman–Crippen LogP) is 1.26. The number of likely N-dealkylation sites (tertiary alicyclic amines) is 1. The third kappa shape index (κ3) is 4.15. The van der Waals surface area contributed by atoms with Gasteiger partial charge in [0.2, 0.25) is 5.88 Å². The maximum atomic E-state index is 11.7. The Morgan fingerprint density at radius 1 is 1.40 bits per heavy atom. The maximum absolute atomic E-state index is 11.7. The van der Waals surface area contributed by atoms with Gasteiger partial charge in [-0.3, -0.25) is 0 Å². The molecule has 0 atom stereocenters. The van der Waals surface area contributed by atoms with E-state index in [9.17, 15) is 4.79 Å². The lowest BCUT2D eigenvalue weighted by molar-refractivity contribution is 0.0507. The summed E-state index contributed by atoms with van der Waals surface area (Å²) >= 11 is 0. The van der Waals surface area contributed by atoms with E-state index in [1.807, 2.05) is 13.8 Å². The molecular formula is C14H19BN2O3. The van der Waals surface area contributed by atoms with Gasteiger partial charge in [-0.1, -0.05) is 11.5 Å². The highest BCUT2D eigenvalue weighted by Crippen LogP contribution is 2.17. The second-order valence-corrected chi connectivity index (χ2v) is 5.17. The topological polar surface area (TPSA) is 51.7 Å². The van der Waals surface area contributed by atoms with E-state index in [1.54, 1.807) is 23.2 Å². The number of amides is 1. The Balaban J connectivity index is 1.79. The van der Waals surface area contributed by atoms with Gasteiger partial charge >= 0.3 is 6.09 Å². The summed E-state index contributed by atoms with van der Waals surface area (Å²) in [6.45, 7) is 4.98. The fourth-order valence-corrected chi connectivity index (χ4v) is 2.06. The Morgan fingerprint density at radius 3 is 2.65 bits per heavy atom. The van der Waals surface area contributed by atoms with Gasteiger partial charge in [0.05, 0.1) is 6.10 Å². The number of rotatable bonds is 3. The molecule has 0 aromatic carbocycles. The molecule has 1 fully saturated rings. The Kier molecular flexibility index (Phi) is 4.87. The molecule has 1 aliphatic heterocycles. The first kappa shape index (κ1) is 14.7. The number of piperidine rings is 1. The van der Waals surface area contributed by atoms with E-state index in [0.717, 1.165) is 12.8 Å². The summed E-state index contributed by atoms with van der Waals surface area (Å²) in [5, 5.41) is 0. The van der Waals surface area contributed by atoms with Crippen LogP contribution in [-0.2, 0) is 4.74 Å². The van der Waals surface area contributed by atoms with Crippen LogP contribution in [0.3, 0.4) is 0 Å². The van der Waals surface area contributed by atoms with Gasteiger partial charge in [-0.05, 0) is 19.9 Å². The molecule has 0 aliphatic carbocycles. The zero-order valence-corrected chi connectivity index (χ0v) is 11.9. The van der Waals surface area contributed by atoms with Crippen LogP contribution in [0.25, 0.3) is 0 Å². The number of hydrogen-bond acceptors (Lipinski definition) is 4. The highest BCUT2D eigenvalue weighted by atomic mass is 16.6.